The van der Waals surface area contributed by atoms with Crippen molar-refractivity contribution >= 4 is 22.6 Å². The fourth-order valence-corrected chi connectivity index (χ4v) is 1.43. The highest BCUT2D eigenvalue weighted by molar-refractivity contribution is 14.1. The topological polar surface area (TPSA) is 27.1 Å². The van der Waals surface area contributed by atoms with Crippen LogP contribution >= 0.6 is 22.6 Å². The van der Waals surface area contributed by atoms with Crippen LogP contribution in [0.4, 0.5) is 0 Å². The molecule has 0 aromatic carbocycles. The fourth-order valence-electron chi connectivity index (χ4n) is 0.797. The van der Waals surface area contributed by atoms with Crippen molar-refractivity contribution in [1.29, 1.82) is 0 Å². The Hall–Kier alpha value is -0.100. The number of halogens is 1. The van der Waals surface area contributed by atoms with Gasteiger partial charge in [-0.3, -0.25) is 4.68 Å². The minimum Gasteiger partial charge on any atom is -0.375 e. The summed E-state index contributed by atoms with van der Waals surface area (Å²) < 4.78 is 8.28. The van der Waals surface area contributed by atoms with E-state index in [1.54, 1.807) is 0 Å². The molecule has 3 nitrogen and oxygen atoms in total. The molecule has 0 aliphatic heterocycles. The number of hydrogen-bond acceptors (Lipinski definition) is 2. The smallest absolute Gasteiger partial charge is 0.0895 e. The van der Waals surface area contributed by atoms with Gasteiger partial charge in [0.15, 0.2) is 0 Å². The molecule has 4 heteroatoms. The maximum absolute atomic E-state index is 5.27. The number of rotatable bonds is 3. The molecule has 62 valence electrons. The molecule has 0 unspecified atom stereocenters. The average Bonchev–Trinajstić information content (AvgIpc) is 2.29. The van der Waals surface area contributed by atoms with Crippen LogP contribution in [0.25, 0.3) is 0 Å². The number of nitrogens with zero attached hydrogens (tertiary/aromatic N) is 2. The van der Waals surface area contributed by atoms with E-state index in [0.717, 1.165) is 12.3 Å². The Morgan fingerprint density at radius 3 is 2.91 bits per heavy atom. The van der Waals surface area contributed by atoms with Crippen molar-refractivity contribution in [2.45, 2.75) is 13.5 Å². The van der Waals surface area contributed by atoms with Crippen LogP contribution in [-0.2, 0) is 18.4 Å². The summed E-state index contributed by atoms with van der Waals surface area (Å²) in [5, 5.41) is 4.10. The number of ether oxygens (including phenoxy) is 1. The highest BCUT2D eigenvalue weighted by Gasteiger charge is 2.03. The molecule has 1 aromatic rings. The van der Waals surface area contributed by atoms with E-state index in [4.69, 9.17) is 4.74 Å². The van der Waals surface area contributed by atoms with Crippen LogP contribution in [0, 0.1) is 3.57 Å². The quantitative estimate of drug-likeness (QED) is 0.776. The normalized spacial score (nSPS) is 10.5. The van der Waals surface area contributed by atoms with Gasteiger partial charge in [0, 0.05) is 13.7 Å². The molecule has 0 amide bonds. The van der Waals surface area contributed by atoms with E-state index in [1.165, 1.54) is 3.57 Å². The maximum atomic E-state index is 5.27. The summed E-state index contributed by atoms with van der Waals surface area (Å²) in [5.74, 6) is 0. The van der Waals surface area contributed by atoms with Gasteiger partial charge in [0.1, 0.15) is 0 Å². The summed E-state index contributed by atoms with van der Waals surface area (Å²) in [5.41, 5.74) is 1.15. The Labute approximate surface area is 79.9 Å². The van der Waals surface area contributed by atoms with E-state index < -0.39 is 0 Å². The molecule has 0 bridgehead atoms. The Bertz CT molecular complexity index is 215. The second-order valence-electron chi connectivity index (χ2n) is 2.20. The Morgan fingerprint density at radius 2 is 2.45 bits per heavy atom. The molecule has 1 aromatic heterocycles. The fraction of sp³-hybridized carbons (Fsp3) is 0.571. The minimum absolute atomic E-state index is 0.658. The average molecular weight is 266 g/mol. The van der Waals surface area contributed by atoms with Gasteiger partial charge in [0.05, 0.1) is 22.1 Å². The van der Waals surface area contributed by atoms with Gasteiger partial charge in [-0.05, 0) is 29.5 Å². The molecule has 0 spiro atoms. The van der Waals surface area contributed by atoms with Gasteiger partial charge in [-0.15, -0.1) is 0 Å². The first-order valence-corrected chi connectivity index (χ1v) is 4.57. The van der Waals surface area contributed by atoms with Crippen molar-refractivity contribution in [2.24, 2.45) is 7.05 Å². The Morgan fingerprint density at radius 1 is 1.73 bits per heavy atom. The van der Waals surface area contributed by atoms with Crippen molar-refractivity contribution in [3.05, 3.63) is 15.5 Å². The molecule has 11 heavy (non-hydrogen) atoms. The molecule has 0 aliphatic carbocycles. The Kier molecular flexibility index (Phi) is 3.32. The Balaban J connectivity index is 2.67. The molecule has 0 saturated heterocycles. The lowest BCUT2D eigenvalue weighted by Crippen LogP contribution is -2.02. The SMILES string of the molecule is CCOCc1c(I)cnn1C. The van der Waals surface area contributed by atoms with Gasteiger partial charge >= 0.3 is 0 Å². The first-order chi connectivity index (χ1) is 5.25. The van der Waals surface area contributed by atoms with E-state index in [1.807, 2.05) is 24.9 Å². The highest BCUT2D eigenvalue weighted by Crippen LogP contribution is 2.10. The summed E-state index contributed by atoms with van der Waals surface area (Å²) in [4.78, 5) is 0. The molecule has 0 aliphatic rings. The van der Waals surface area contributed by atoms with Gasteiger partial charge in [-0.25, -0.2) is 0 Å². The zero-order valence-electron chi connectivity index (χ0n) is 6.67. The second-order valence-corrected chi connectivity index (χ2v) is 3.36. The van der Waals surface area contributed by atoms with Crippen LogP contribution < -0.4 is 0 Å². The molecular weight excluding hydrogens is 255 g/mol. The molecule has 0 N–H and O–H groups in total. The van der Waals surface area contributed by atoms with Crippen LogP contribution in [0.2, 0.25) is 0 Å². The summed E-state index contributed by atoms with van der Waals surface area (Å²) in [6, 6.07) is 0. The molecule has 1 rings (SSSR count). The molecule has 0 saturated carbocycles. The summed E-state index contributed by atoms with van der Waals surface area (Å²) in [6.07, 6.45) is 1.84. The lowest BCUT2D eigenvalue weighted by Gasteiger charge is -2.01. The van der Waals surface area contributed by atoms with Crippen molar-refractivity contribution in [2.75, 3.05) is 6.61 Å². The molecule has 0 radical (unpaired) electrons. The predicted octanol–water partition coefficient (Wildman–Crippen LogP) is 1.56. The second kappa shape index (κ2) is 4.06. The van der Waals surface area contributed by atoms with Gasteiger partial charge in [0.2, 0.25) is 0 Å². The van der Waals surface area contributed by atoms with Gasteiger partial charge in [-0.2, -0.15) is 5.10 Å². The van der Waals surface area contributed by atoms with Crippen molar-refractivity contribution < 1.29 is 4.74 Å². The van der Waals surface area contributed by atoms with Gasteiger partial charge in [0.25, 0.3) is 0 Å². The van der Waals surface area contributed by atoms with E-state index in [0.29, 0.717) is 6.61 Å². The minimum atomic E-state index is 0.658. The zero-order chi connectivity index (χ0) is 8.27. The summed E-state index contributed by atoms with van der Waals surface area (Å²) in [6.45, 7) is 3.40. The predicted molar refractivity (Wildman–Crippen MR) is 51.3 cm³/mol. The number of hydrogen-bond donors (Lipinski definition) is 0. The summed E-state index contributed by atoms with van der Waals surface area (Å²) in [7, 11) is 1.93. The third kappa shape index (κ3) is 2.16. The van der Waals surface area contributed by atoms with Gasteiger partial charge in [-0.1, -0.05) is 0 Å². The lowest BCUT2D eigenvalue weighted by atomic mass is 10.4. The third-order valence-corrected chi connectivity index (χ3v) is 2.35. The monoisotopic (exact) mass is 266 g/mol. The number of aryl methyl sites for hydroxylation is 1. The van der Waals surface area contributed by atoms with Crippen molar-refractivity contribution in [3.63, 3.8) is 0 Å². The van der Waals surface area contributed by atoms with Crippen LogP contribution in [-0.4, -0.2) is 16.4 Å². The molecule has 0 fully saturated rings. The maximum Gasteiger partial charge on any atom is 0.0895 e. The third-order valence-electron chi connectivity index (χ3n) is 1.45. The van der Waals surface area contributed by atoms with E-state index >= 15 is 0 Å². The first-order valence-electron chi connectivity index (χ1n) is 3.49. The van der Waals surface area contributed by atoms with Crippen LogP contribution in [0.5, 0.6) is 0 Å². The highest BCUT2D eigenvalue weighted by atomic mass is 127. The summed E-state index contributed by atoms with van der Waals surface area (Å²) >= 11 is 2.26. The molecule has 1 heterocycles. The first kappa shape index (κ1) is 8.99. The number of aromatic nitrogens is 2. The zero-order valence-corrected chi connectivity index (χ0v) is 8.83. The van der Waals surface area contributed by atoms with Crippen LogP contribution in [0.1, 0.15) is 12.6 Å². The molecular formula is C7H11IN2O. The largest absolute Gasteiger partial charge is 0.375 e. The van der Waals surface area contributed by atoms with Crippen LogP contribution in [0.3, 0.4) is 0 Å². The van der Waals surface area contributed by atoms with E-state index in [-0.39, 0.29) is 0 Å². The van der Waals surface area contributed by atoms with Crippen molar-refractivity contribution in [1.82, 2.24) is 9.78 Å². The van der Waals surface area contributed by atoms with E-state index in [2.05, 4.69) is 27.7 Å². The standard InChI is InChI=1S/C7H11IN2O/c1-3-11-5-7-6(8)4-9-10(7)2/h4H,3,5H2,1-2H3. The van der Waals surface area contributed by atoms with E-state index in [9.17, 15) is 0 Å². The van der Waals surface area contributed by atoms with Gasteiger partial charge < -0.3 is 4.74 Å². The molecule has 0 atom stereocenters. The van der Waals surface area contributed by atoms with Crippen molar-refractivity contribution in [3.8, 4) is 0 Å². The van der Waals surface area contributed by atoms with Crippen LogP contribution in [0.15, 0.2) is 6.20 Å². The lowest BCUT2D eigenvalue weighted by molar-refractivity contribution is 0.128.